The number of aliphatic imine (C=N–C) groups is 1. The van der Waals surface area contributed by atoms with E-state index in [2.05, 4.69) is 33.7 Å². The van der Waals surface area contributed by atoms with Crippen molar-refractivity contribution in [3.63, 3.8) is 0 Å². The molecule has 0 bridgehead atoms. The van der Waals surface area contributed by atoms with Crippen molar-refractivity contribution < 1.29 is 9.53 Å². The quantitative estimate of drug-likeness (QED) is 0.438. The summed E-state index contributed by atoms with van der Waals surface area (Å²) < 4.78 is 7.34. The third-order valence-electron chi connectivity index (χ3n) is 3.61. The van der Waals surface area contributed by atoms with Gasteiger partial charge in [0.2, 0.25) is 0 Å². The molecule has 0 saturated heterocycles. The number of likely N-dealkylation sites (N-methyl/N-ethyl adjacent to an activating group) is 1. The second kappa shape index (κ2) is 10.0. The summed E-state index contributed by atoms with van der Waals surface area (Å²) in [7, 11) is 3.45. The fourth-order valence-corrected chi connectivity index (χ4v) is 2.33. The second-order valence-electron chi connectivity index (χ2n) is 7.33. The van der Waals surface area contributed by atoms with Gasteiger partial charge in [0.1, 0.15) is 5.60 Å². The minimum absolute atomic E-state index is 0.327. The number of nitrogens with one attached hydrogen (secondary N) is 2. The van der Waals surface area contributed by atoms with Crippen molar-refractivity contribution in [1.29, 1.82) is 0 Å². The van der Waals surface area contributed by atoms with Crippen molar-refractivity contribution in [3.05, 3.63) is 17.5 Å². The maximum Gasteiger partial charge on any atom is 0.410 e. The molecule has 0 spiro atoms. The van der Waals surface area contributed by atoms with Gasteiger partial charge in [-0.2, -0.15) is 5.10 Å². The Labute approximate surface area is 157 Å². The molecule has 1 aromatic rings. The highest BCUT2D eigenvalue weighted by Gasteiger charge is 2.19. The molecule has 26 heavy (non-hydrogen) atoms. The monoisotopic (exact) mass is 366 g/mol. The summed E-state index contributed by atoms with van der Waals surface area (Å²) in [5, 5.41) is 10.9. The predicted octanol–water partition coefficient (Wildman–Crippen LogP) is 1.92. The summed E-state index contributed by atoms with van der Waals surface area (Å²) in [4.78, 5) is 17.6. The fraction of sp³-hybridized carbons (Fsp3) is 0.722. The van der Waals surface area contributed by atoms with Gasteiger partial charge >= 0.3 is 6.09 Å². The Kier molecular flexibility index (Phi) is 8.41. The Bertz CT molecular complexity index is 603. The number of carbonyl (C=O) groups excluding carboxylic acids is 1. The molecule has 0 atom stereocenters. The number of hydrogen-bond acceptors (Lipinski definition) is 4. The number of carbonyl (C=O) groups is 1. The number of guanidine groups is 1. The lowest BCUT2D eigenvalue weighted by Gasteiger charge is -2.24. The third kappa shape index (κ3) is 8.22. The van der Waals surface area contributed by atoms with E-state index in [4.69, 9.17) is 4.74 Å². The Hall–Kier alpha value is -2.25. The Morgan fingerprint density at radius 3 is 2.50 bits per heavy atom. The number of amides is 1. The molecule has 1 heterocycles. The molecule has 0 radical (unpaired) electrons. The maximum absolute atomic E-state index is 11.9. The maximum atomic E-state index is 11.9. The van der Waals surface area contributed by atoms with E-state index in [1.54, 1.807) is 19.0 Å². The van der Waals surface area contributed by atoms with Gasteiger partial charge in [-0.15, -0.1) is 0 Å². The van der Waals surface area contributed by atoms with E-state index in [-0.39, 0.29) is 6.09 Å². The van der Waals surface area contributed by atoms with Crippen LogP contribution in [-0.4, -0.2) is 66.1 Å². The van der Waals surface area contributed by atoms with Crippen molar-refractivity contribution in [3.8, 4) is 0 Å². The summed E-state index contributed by atoms with van der Waals surface area (Å²) in [6.07, 6.45) is 0.618. The molecule has 1 aromatic heterocycles. The van der Waals surface area contributed by atoms with Gasteiger partial charge in [-0.05, 0) is 47.1 Å². The smallest absolute Gasteiger partial charge is 0.410 e. The van der Waals surface area contributed by atoms with Gasteiger partial charge < -0.3 is 20.3 Å². The largest absolute Gasteiger partial charge is 0.444 e. The van der Waals surface area contributed by atoms with E-state index in [9.17, 15) is 4.79 Å². The summed E-state index contributed by atoms with van der Waals surface area (Å²) >= 11 is 0. The van der Waals surface area contributed by atoms with Gasteiger partial charge in [-0.25, -0.2) is 4.79 Å². The van der Waals surface area contributed by atoms with Crippen LogP contribution in [-0.2, 0) is 11.3 Å². The number of aryl methyl sites for hydroxylation is 3. The third-order valence-corrected chi connectivity index (χ3v) is 3.61. The molecule has 0 aliphatic rings. The molecule has 1 rings (SSSR count). The van der Waals surface area contributed by atoms with Crippen LogP contribution in [0, 0.1) is 13.8 Å². The zero-order valence-electron chi connectivity index (χ0n) is 17.2. The molecular weight excluding hydrogens is 332 g/mol. The molecule has 1 amide bonds. The van der Waals surface area contributed by atoms with Crippen LogP contribution >= 0.6 is 0 Å². The summed E-state index contributed by atoms with van der Waals surface area (Å²) in [6.45, 7) is 12.4. The first-order valence-corrected chi connectivity index (χ1v) is 9.02. The van der Waals surface area contributed by atoms with Crippen molar-refractivity contribution in [1.82, 2.24) is 25.3 Å². The van der Waals surface area contributed by atoms with Gasteiger partial charge in [0.25, 0.3) is 0 Å². The average molecular weight is 367 g/mol. The zero-order chi connectivity index (χ0) is 19.7. The van der Waals surface area contributed by atoms with E-state index >= 15 is 0 Å². The lowest BCUT2D eigenvalue weighted by molar-refractivity contribution is 0.0302. The molecular formula is C18H34N6O2. The van der Waals surface area contributed by atoms with E-state index in [1.165, 1.54) is 5.69 Å². The molecule has 0 aliphatic carbocycles. The Balaban J connectivity index is 2.24. The second-order valence-corrected chi connectivity index (χ2v) is 7.33. The van der Waals surface area contributed by atoms with E-state index < -0.39 is 5.60 Å². The first kappa shape index (κ1) is 21.8. The minimum Gasteiger partial charge on any atom is -0.444 e. The molecule has 0 fully saturated rings. The van der Waals surface area contributed by atoms with Gasteiger partial charge in [-0.1, -0.05) is 0 Å². The van der Waals surface area contributed by atoms with Crippen LogP contribution in [0.2, 0.25) is 0 Å². The standard InChI is InChI=1S/C18H34N6O2/c1-14-13-15(2)24(22-14)11-8-9-20-16(19-6)21-10-12-23(7)17(25)26-18(3,4)5/h13H,8-12H2,1-7H3,(H2,19,20,21). The van der Waals surface area contributed by atoms with Crippen LogP contribution in [0.25, 0.3) is 0 Å². The van der Waals surface area contributed by atoms with Crippen LogP contribution < -0.4 is 10.6 Å². The minimum atomic E-state index is -0.484. The van der Waals surface area contributed by atoms with Gasteiger partial charge in [0, 0.05) is 46.0 Å². The molecule has 148 valence electrons. The van der Waals surface area contributed by atoms with Gasteiger partial charge in [0.15, 0.2) is 5.96 Å². The summed E-state index contributed by atoms with van der Waals surface area (Å²) in [6, 6.07) is 2.08. The molecule has 8 nitrogen and oxygen atoms in total. The summed E-state index contributed by atoms with van der Waals surface area (Å²) in [5.74, 6) is 0.718. The average Bonchev–Trinajstić information content (AvgIpc) is 2.85. The van der Waals surface area contributed by atoms with Crippen molar-refractivity contribution in [2.75, 3.05) is 33.7 Å². The van der Waals surface area contributed by atoms with Crippen LogP contribution in [0.15, 0.2) is 11.1 Å². The number of hydrogen-bond donors (Lipinski definition) is 2. The number of rotatable bonds is 7. The number of ether oxygens (including phenoxy) is 1. The lowest BCUT2D eigenvalue weighted by Crippen LogP contribution is -2.43. The first-order chi connectivity index (χ1) is 12.1. The Morgan fingerprint density at radius 1 is 1.31 bits per heavy atom. The fourth-order valence-electron chi connectivity index (χ4n) is 2.33. The van der Waals surface area contributed by atoms with Crippen molar-refractivity contribution in [2.45, 2.75) is 53.2 Å². The van der Waals surface area contributed by atoms with Crippen molar-refractivity contribution in [2.24, 2.45) is 4.99 Å². The topological polar surface area (TPSA) is 83.8 Å². The molecule has 0 aromatic carbocycles. The Morgan fingerprint density at radius 2 is 1.96 bits per heavy atom. The molecule has 0 aliphatic heterocycles. The molecule has 8 heteroatoms. The highest BCUT2D eigenvalue weighted by Crippen LogP contribution is 2.08. The SMILES string of the molecule is CN=C(NCCCn1nc(C)cc1C)NCCN(C)C(=O)OC(C)(C)C. The molecule has 0 unspecified atom stereocenters. The molecule has 0 saturated carbocycles. The van der Waals surface area contributed by atoms with Gasteiger partial charge in [-0.3, -0.25) is 9.67 Å². The van der Waals surface area contributed by atoms with Crippen LogP contribution in [0.5, 0.6) is 0 Å². The van der Waals surface area contributed by atoms with Crippen LogP contribution in [0.4, 0.5) is 4.79 Å². The normalized spacial score (nSPS) is 12.0. The molecule has 2 N–H and O–H groups in total. The van der Waals surface area contributed by atoms with E-state index in [1.807, 2.05) is 32.4 Å². The zero-order valence-corrected chi connectivity index (χ0v) is 17.2. The van der Waals surface area contributed by atoms with Crippen LogP contribution in [0.1, 0.15) is 38.6 Å². The van der Waals surface area contributed by atoms with E-state index in [0.29, 0.717) is 13.1 Å². The first-order valence-electron chi connectivity index (χ1n) is 9.02. The summed E-state index contributed by atoms with van der Waals surface area (Å²) in [5.41, 5.74) is 1.74. The number of nitrogens with zero attached hydrogens (tertiary/aromatic N) is 4. The highest BCUT2D eigenvalue weighted by atomic mass is 16.6. The van der Waals surface area contributed by atoms with Gasteiger partial charge in [0.05, 0.1) is 5.69 Å². The van der Waals surface area contributed by atoms with E-state index in [0.717, 1.165) is 31.2 Å². The van der Waals surface area contributed by atoms with Crippen molar-refractivity contribution >= 4 is 12.1 Å². The number of aromatic nitrogens is 2. The van der Waals surface area contributed by atoms with Crippen LogP contribution in [0.3, 0.4) is 0 Å². The highest BCUT2D eigenvalue weighted by molar-refractivity contribution is 5.79. The predicted molar refractivity (Wildman–Crippen MR) is 105 cm³/mol. The lowest BCUT2D eigenvalue weighted by atomic mass is 10.2.